The van der Waals surface area contributed by atoms with Crippen molar-refractivity contribution >= 4 is 30.1 Å². The van der Waals surface area contributed by atoms with E-state index in [9.17, 15) is 4.79 Å². The van der Waals surface area contributed by atoms with Gasteiger partial charge in [0.15, 0.2) is 0 Å². The number of likely N-dealkylation sites (tertiary alicyclic amines) is 1. The second kappa shape index (κ2) is 11.7. The first-order valence-electron chi connectivity index (χ1n) is 8.56. The molecule has 0 aliphatic carbocycles. The smallest absolute Gasteiger partial charge is 0.236 e. The van der Waals surface area contributed by atoms with E-state index >= 15 is 0 Å². The average Bonchev–Trinajstić information content (AvgIpc) is 2.61. The quantitative estimate of drug-likeness (QED) is 0.561. The van der Waals surface area contributed by atoms with Gasteiger partial charge in [-0.1, -0.05) is 25.1 Å². The number of thioether (sulfide) groups is 1. The van der Waals surface area contributed by atoms with Gasteiger partial charge >= 0.3 is 0 Å². The van der Waals surface area contributed by atoms with Crippen LogP contribution in [0.25, 0.3) is 0 Å². The summed E-state index contributed by atoms with van der Waals surface area (Å²) in [6.45, 7) is 5.10. The van der Waals surface area contributed by atoms with Crippen LogP contribution in [0.3, 0.4) is 0 Å². The maximum absolute atomic E-state index is 12.7. The summed E-state index contributed by atoms with van der Waals surface area (Å²) in [5.41, 5.74) is 5.48. The molecule has 24 heavy (non-hydrogen) atoms. The minimum absolute atomic E-state index is 0. The van der Waals surface area contributed by atoms with Crippen LogP contribution in [0.5, 0.6) is 0 Å². The molecular formula is C18H29ClN2O2S. The summed E-state index contributed by atoms with van der Waals surface area (Å²) in [5.74, 6) is 0.266. The maximum atomic E-state index is 12.7. The molecule has 6 heteroatoms. The Morgan fingerprint density at radius 1 is 1.33 bits per heavy atom. The number of carbonyl (C=O) groups excluding carboxylic acids is 1. The topological polar surface area (TPSA) is 55.6 Å². The maximum Gasteiger partial charge on any atom is 0.236 e. The number of benzene rings is 1. The van der Waals surface area contributed by atoms with E-state index < -0.39 is 0 Å². The third kappa shape index (κ3) is 6.63. The lowest BCUT2D eigenvalue weighted by Crippen LogP contribution is -2.44. The van der Waals surface area contributed by atoms with Crippen LogP contribution in [-0.2, 0) is 9.53 Å². The minimum atomic E-state index is 0. The molecule has 1 unspecified atom stereocenters. The van der Waals surface area contributed by atoms with E-state index in [-0.39, 0.29) is 29.7 Å². The second-order valence-corrected chi connectivity index (χ2v) is 7.14. The van der Waals surface area contributed by atoms with E-state index in [0.29, 0.717) is 6.54 Å². The third-order valence-corrected chi connectivity index (χ3v) is 5.49. The van der Waals surface area contributed by atoms with Crippen molar-refractivity contribution in [3.8, 4) is 0 Å². The van der Waals surface area contributed by atoms with Crippen molar-refractivity contribution in [1.29, 1.82) is 0 Å². The van der Waals surface area contributed by atoms with Gasteiger partial charge in [-0.3, -0.25) is 4.79 Å². The zero-order valence-corrected chi connectivity index (χ0v) is 16.0. The first-order chi connectivity index (χ1) is 11.2. The van der Waals surface area contributed by atoms with Crippen LogP contribution < -0.4 is 5.73 Å². The summed E-state index contributed by atoms with van der Waals surface area (Å²) in [5, 5.41) is 0.00658. The lowest BCUT2D eigenvalue weighted by atomic mass is 10.1. The molecule has 1 aliphatic rings. The number of carbonyl (C=O) groups is 1. The van der Waals surface area contributed by atoms with Crippen LogP contribution in [0, 0.1) is 0 Å². The molecule has 0 spiro atoms. The number of hydrogen-bond acceptors (Lipinski definition) is 4. The molecule has 0 bridgehead atoms. The first kappa shape index (κ1) is 21.3. The molecule has 0 saturated carbocycles. The van der Waals surface area contributed by atoms with Gasteiger partial charge in [-0.2, -0.15) is 0 Å². The number of hydrogen-bond donors (Lipinski definition) is 1. The second-order valence-electron chi connectivity index (χ2n) is 5.87. The van der Waals surface area contributed by atoms with Gasteiger partial charge in [-0.15, -0.1) is 24.2 Å². The van der Waals surface area contributed by atoms with Crippen LogP contribution in [0.4, 0.5) is 0 Å². The van der Waals surface area contributed by atoms with Crippen molar-refractivity contribution in [2.45, 2.75) is 48.9 Å². The normalized spacial score (nSPS) is 16.5. The van der Waals surface area contributed by atoms with E-state index in [1.807, 2.05) is 23.1 Å². The lowest BCUT2D eigenvalue weighted by Gasteiger charge is -2.34. The molecule has 2 N–H and O–H groups in total. The Hall–Kier alpha value is -0.750. The molecule has 4 nitrogen and oxygen atoms in total. The Labute approximate surface area is 155 Å². The Bertz CT molecular complexity index is 467. The van der Waals surface area contributed by atoms with Crippen LogP contribution in [0.15, 0.2) is 35.2 Å². The van der Waals surface area contributed by atoms with E-state index in [4.69, 9.17) is 10.5 Å². The number of piperidine rings is 1. The summed E-state index contributed by atoms with van der Waals surface area (Å²) in [7, 11) is 0. The molecule has 2 rings (SSSR count). The van der Waals surface area contributed by atoms with Crippen molar-refractivity contribution < 1.29 is 9.53 Å². The zero-order valence-electron chi connectivity index (χ0n) is 14.4. The summed E-state index contributed by atoms with van der Waals surface area (Å²) >= 11 is 1.67. The highest BCUT2D eigenvalue weighted by Gasteiger charge is 2.28. The molecule has 1 aromatic carbocycles. The van der Waals surface area contributed by atoms with Crippen molar-refractivity contribution in [2.24, 2.45) is 5.73 Å². The Balaban J connectivity index is 0.00000288. The molecular weight excluding hydrogens is 344 g/mol. The van der Waals surface area contributed by atoms with Crippen molar-refractivity contribution in [2.75, 3.05) is 26.2 Å². The Morgan fingerprint density at radius 2 is 2.00 bits per heavy atom. The van der Waals surface area contributed by atoms with Crippen LogP contribution in [-0.4, -0.2) is 48.4 Å². The van der Waals surface area contributed by atoms with Gasteiger partial charge in [0, 0.05) is 24.6 Å². The molecule has 1 saturated heterocycles. The van der Waals surface area contributed by atoms with Gasteiger partial charge in [-0.25, -0.2) is 0 Å². The Morgan fingerprint density at radius 3 is 2.58 bits per heavy atom. The molecule has 1 aliphatic heterocycles. The number of nitrogens with two attached hydrogens (primary N) is 1. The van der Waals surface area contributed by atoms with Gasteiger partial charge in [0.05, 0.1) is 11.4 Å². The van der Waals surface area contributed by atoms with Gasteiger partial charge < -0.3 is 15.4 Å². The minimum Gasteiger partial charge on any atom is -0.378 e. The predicted molar refractivity (Wildman–Crippen MR) is 103 cm³/mol. The van der Waals surface area contributed by atoms with Gasteiger partial charge in [-0.05, 0) is 44.4 Å². The van der Waals surface area contributed by atoms with Crippen molar-refractivity contribution in [3.63, 3.8) is 0 Å². The van der Waals surface area contributed by atoms with Crippen LogP contribution >= 0.6 is 24.2 Å². The SMILES string of the molecule is CCC(Sc1ccccc1)C(=O)N1CCC(OCCCN)CC1.Cl. The summed E-state index contributed by atoms with van der Waals surface area (Å²) < 4.78 is 5.81. The fourth-order valence-electron chi connectivity index (χ4n) is 2.75. The number of rotatable bonds is 8. The zero-order chi connectivity index (χ0) is 16.5. The van der Waals surface area contributed by atoms with Crippen molar-refractivity contribution in [1.82, 2.24) is 4.90 Å². The largest absolute Gasteiger partial charge is 0.378 e. The highest BCUT2D eigenvalue weighted by Crippen LogP contribution is 2.27. The highest BCUT2D eigenvalue weighted by molar-refractivity contribution is 8.00. The standard InChI is InChI=1S/C18H28N2O2S.ClH/c1-2-17(23-16-7-4-3-5-8-16)18(21)20-12-9-15(10-13-20)22-14-6-11-19;/h3-5,7-8,15,17H,2,6,9-14,19H2,1H3;1H. The van der Waals surface area contributed by atoms with Gasteiger partial charge in [0.1, 0.15) is 0 Å². The van der Waals surface area contributed by atoms with Gasteiger partial charge in [0.2, 0.25) is 5.91 Å². The predicted octanol–water partition coefficient (Wildman–Crippen LogP) is 3.34. The van der Waals surface area contributed by atoms with E-state index in [1.54, 1.807) is 11.8 Å². The molecule has 1 fully saturated rings. The molecule has 1 aromatic rings. The monoisotopic (exact) mass is 372 g/mol. The molecule has 1 heterocycles. The van der Waals surface area contributed by atoms with E-state index in [0.717, 1.165) is 50.3 Å². The summed E-state index contributed by atoms with van der Waals surface area (Å²) in [4.78, 5) is 15.9. The van der Waals surface area contributed by atoms with Gasteiger partial charge in [0.25, 0.3) is 0 Å². The van der Waals surface area contributed by atoms with E-state index in [1.165, 1.54) is 0 Å². The number of nitrogens with zero attached hydrogens (tertiary/aromatic N) is 1. The molecule has 136 valence electrons. The lowest BCUT2D eigenvalue weighted by molar-refractivity contribution is -0.133. The first-order valence-corrected chi connectivity index (χ1v) is 9.44. The molecule has 1 amide bonds. The third-order valence-electron chi connectivity index (χ3n) is 4.12. The summed E-state index contributed by atoms with van der Waals surface area (Å²) in [6, 6.07) is 10.2. The number of ether oxygens (including phenoxy) is 1. The highest BCUT2D eigenvalue weighted by atomic mass is 35.5. The average molecular weight is 373 g/mol. The number of amides is 1. The Kier molecular flexibility index (Phi) is 10.4. The fraction of sp³-hybridized carbons (Fsp3) is 0.611. The molecule has 1 atom stereocenters. The fourth-order valence-corrected chi connectivity index (χ4v) is 3.81. The number of halogens is 1. The summed E-state index contributed by atoms with van der Waals surface area (Å²) in [6.07, 6.45) is 3.91. The van der Waals surface area contributed by atoms with Crippen LogP contribution in [0.2, 0.25) is 0 Å². The van der Waals surface area contributed by atoms with E-state index in [2.05, 4.69) is 19.1 Å². The molecule has 0 aromatic heterocycles. The van der Waals surface area contributed by atoms with Crippen LogP contribution in [0.1, 0.15) is 32.6 Å². The molecule has 0 radical (unpaired) electrons. The van der Waals surface area contributed by atoms with Crippen molar-refractivity contribution in [3.05, 3.63) is 30.3 Å².